The lowest BCUT2D eigenvalue weighted by molar-refractivity contribution is -0.167. The molecule has 1 aromatic rings. The van der Waals surface area contributed by atoms with Crippen molar-refractivity contribution in [2.75, 3.05) is 0 Å². The number of ether oxygens (including phenoxy) is 1. The first-order valence-electron chi connectivity index (χ1n) is 6.56. The summed E-state index contributed by atoms with van der Waals surface area (Å²) in [5.41, 5.74) is 6.03. The van der Waals surface area contributed by atoms with Gasteiger partial charge in [0.25, 0.3) is 0 Å². The fourth-order valence-corrected chi connectivity index (χ4v) is 2.32. The number of rotatable bonds is 5. The van der Waals surface area contributed by atoms with Gasteiger partial charge < -0.3 is 15.6 Å². The number of carboxylic acid groups (broad SMARTS) is 1. The van der Waals surface area contributed by atoms with E-state index in [1.807, 2.05) is 24.3 Å². The molecule has 2 atom stereocenters. The van der Waals surface area contributed by atoms with E-state index in [2.05, 4.69) is 15.9 Å². The summed E-state index contributed by atoms with van der Waals surface area (Å²) in [6.07, 6.45) is 0.273. The molecular weight excluding hydrogens is 338 g/mol. The van der Waals surface area contributed by atoms with Crippen molar-refractivity contribution in [3.05, 3.63) is 34.3 Å². The fourth-order valence-electron chi connectivity index (χ4n) is 1.88. The molecule has 21 heavy (non-hydrogen) atoms. The summed E-state index contributed by atoms with van der Waals surface area (Å²) in [7, 11) is 0. The van der Waals surface area contributed by atoms with Gasteiger partial charge in [-0.2, -0.15) is 0 Å². The van der Waals surface area contributed by atoms with Crippen LogP contribution in [0.15, 0.2) is 28.7 Å². The zero-order chi connectivity index (χ0) is 16.2. The van der Waals surface area contributed by atoms with E-state index >= 15 is 0 Å². The first-order valence-corrected chi connectivity index (χ1v) is 7.35. The average Bonchev–Trinajstić information content (AvgIpc) is 2.25. The second kappa shape index (κ2) is 7.04. The number of carboxylic acids is 1. The highest BCUT2D eigenvalue weighted by molar-refractivity contribution is 9.10. The van der Waals surface area contributed by atoms with Crippen LogP contribution >= 0.6 is 15.9 Å². The number of esters is 1. The van der Waals surface area contributed by atoms with E-state index in [1.54, 1.807) is 20.8 Å². The molecule has 0 radical (unpaired) electrons. The number of hydrogen-bond donors (Lipinski definition) is 2. The number of carbonyl (C=O) groups excluding carboxylic acids is 1. The van der Waals surface area contributed by atoms with Crippen molar-refractivity contribution in [2.24, 2.45) is 11.7 Å². The fraction of sp³-hybridized carbons (Fsp3) is 0.467. The van der Waals surface area contributed by atoms with Gasteiger partial charge in [0.05, 0.1) is 0 Å². The highest BCUT2D eigenvalue weighted by atomic mass is 79.9. The molecule has 1 unspecified atom stereocenters. The molecule has 116 valence electrons. The lowest BCUT2D eigenvalue weighted by Crippen LogP contribution is -2.45. The van der Waals surface area contributed by atoms with Crippen LogP contribution in [0.4, 0.5) is 0 Å². The Morgan fingerprint density at radius 2 is 2.00 bits per heavy atom. The van der Waals surface area contributed by atoms with Crippen LogP contribution in [0.1, 0.15) is 26.3 Å². The standard InChI is InChI=1S/C15H20BrNO4/c1-15(2,3)21-14(20)12(13(18)19)11(17)8-9-5-4-6-10(16)7-9/h4-7,11-12H,8,17H2,1-3H3,(H,18,19)/t11?,12-/m0/s1. The lowest BCUT2D eigenvalue weighted by atomic mass is 9.94. The van der Waals surface area contributed by atoms with Gasteiger partial charge >= 0.3 is 11.9 Å². The normalized spacial score (nSPS) is 14.3. The van der Waals surface area contributed by atoms with Crippen molar-refractivity contribution in [1.29, 1.82) is 0 Å². The van der Waals surface area contributed by atoms with Gasteiger partial charge in [-0.05, 0) is 44.9 Å². The third-order valence-corrected chi connectivity index (χ3v) is 3.21. The Morgan fingerprint density at radius 3 is 2.48 bits per heavy atom. The topological polar surface area (TPSA) is 89.6 Å². The molecular formula is C15H20BrNO4. The molecule has 0 aliphatic carbocycles. The summed E-state index contributed by atoms with van der Waals surface area (Å²) in [6.45, 7) is 5.05. The van der Waals surface area contributed by atoms with Crippen LogP contribution in [-0.4, -0.2) is 28.7 Å². The molecule has 0 aliphatic heterocycles. The minimum absolute atomic E-state index is 0.273. The third kappa shape index (κ3) is 5.85. The van der Waals surface area contributed by atoms with Crippen LogP contribution < -0.4 is 5.73 Å². The van der Waals surface area contributed by atoms with Gasteiger partial charge in [-0.3, -0.25) is 9.59 Å². The Bertz CT molecular complexity index is 525. The van der Waals surface area contributed by atoms with E-state index in [9.17, 15) is 14.7 Å². The first kappa shape index (κ1) is 17.7. The van der Waals surface area contributed by atoms with Gasteiger partial charge in [0, 0.05) is 10.5 Å². The smallest absolute Gasteiger partial charge is 0.322 e. The largest absolute Gasteiger partial charge is 0.481 e. The summed E-state index contributed by atoms with van der Waals surface area (Å²) in [6, 6.07) is 6.51. The van der Waals surface area contributed by atoms with Gasteiger partial charge in [-0.1, -0.05) is 28.1 Å². The Balaban J connectivity index is 2.85. The Labute approximate surface area is 132 Å². The average molecular weight is 358 g/mol. The number of aliphatic carboxylic acids is 1. The van der Waals surface area contributed by atoms with E-state index in [4.69, 9.17) is 10.5 Å². The zero-order valence-corrected chi connectivity index (χ0v) is 13.9. The van der Waals surface area contributed by atoms with E-state index in [-0.39, 0.29) is 6.42 Å². The molecule has 0 saturated heterocycles. The van der Waals surface area contributed by atoms with Gasteiger partial charge in [-0.25, -0.2) is 0 Å². The maximum atomic E-state index is 12.0. The summed E-state index contributed by atoms with van der Waals surface area (Å²) in [5, 5.41) is 9.25. The molecule has 0 heterocycles. The van der Waals surface area contributed by atoms with E-state index < -0.39 is 29.5 Å². The van der Waals surface area contributed by atoms with Crippen molar-refractivity contribution in [3.63, 3.8) is 0 Å². The van der Waals surface area contributed by atoms with Crippen molar-refractivity contribution in [2.45, 2.75) is 38.8 Å². The van der Waals surface area contributed by atoms with Crippen molar-refractivity contribution >= 4 is 27.9 Å². The Morgan fingerprint density at radius 1 is 1.38 bits per heavy atom. The predicted molar refractivity (Wildman–Crippen MR) is 82.8 cm³/mol. The minimum atomic E-state index is -1.39. The van der Waals surface area contributed by atoms with Crippen molar-refractivity contribution in [3.8, 4) is 0 Å². The number of carbonyl (C=O) groups is 2. The van der Waals surface area contributed by atoms with Crippen LogP contribution in [0.3, 0.4) is 0 Å². The minimum Gasteiger partial charge on any atom is -0.481 e. The molecule has 5 nitrogen and oxygen atoms in total. The molecule has 0 bridgehead atoms. The SMILES string of the molecule is CC(C)(C)OC(=O)[C@H](C(=O)O)C(N)Cc1cccc(Br)c1. The second-order valence-corrected chi connectivity index (χ2v) is 6.76. The number of nitrogens with two attached hydrogens (primary N) is 1. The van der Waals surface area contributed by atoms with Crippen LogP contribution in [-0.2, 0) is 20.7 Å². The molecule has 1 rings (SSSR count). The number of benzene rings is 1. The zero-order valence-electron chi connectivity index (χ0n) is 12.3. The summed E-state index contributed by atoms with van der Waals surface area (Å²) in [4.78, 5) is 23.3. The van der Waals surface area contributed by atoms with Gasteiger partial charge in [-0.15, -0.1) is 0 Å². The van der Waals surface area contributed by atoms with Gasteiger partial charge in [0.2, 0.25) is 0 Å². The van der Waals surface area contributed by atoms with Gasteiger partial charge in [0.1, 0.15) is 5.60 Å². The van der Waals surface area contributed by atoms with Crippen molar-refractivity contribution in [1.82, 2.24) is 0 Å². The maximum absolute atomic E-state index is 12.0. The van der Waals surface area contributed by atoms with Crippen LogP contribution in [0.5, 0.6) is 0 Å². The molecule has 0 amide bonds. The molecule has 0 aliphatic rings. The predicted octanol–water partition coefficient (Wildman–Crippen LogP) is 2.36. The highest BCUT2D eigenvalue weighted by Gasteiger charge is 2.36. The maximum Gasteiger partial charge on any atom is 0.322 e. The van der Waals surface area contributed by atoms with E-state index in [0.29, 0.717) is 0 Å². The summed E-state index contributed by atoms with van der Waals surface area (Å²) in [5.74, 6) is -3.47. The lowest BCUT2D eigenvalue weighted by Gasteiger charge is -2.25. The van der Waals surface area contributed by atoms with Crippen LogP contribution in [0.25, 0.3) is 0 Å². The molecule has 3 N–H and O–H groups in total. The number of halogens is 1. The van der Waals surface area contributed by atoms with Crippen molar-refractivity contribution < 1.29 is 19.4 Å². The molecule has 6 heteroatoms. The van der Waals surface area contributed by atoms with Crippen LogP contribution in [0.2, 0.25) is 0 Å². The molecule has 1 aromatic carbocycles. The van der Waals surface area contributed by atoms with E-state index in [1.165, 1.54) is 0 Å². The Hall–Kier alpha value is -1.40. The number of hydrogen-bond acceptors (Lipinski definition) is 4. The van der Waals surface area contributed by atoms with Gasteiger partial charge in [0.15, 0.2) is 5.92 Å². The molecule has 0 aromatic heterocycles. The highest BCUT2D eigenvalue weighted by Crippen LogP contribution is 2.18. The molecule has 0 spiro atoms. The molecule has 0 saturated carbocycles. The monoisotopic (exact) mass is 357 g/mol. The Kier molecular flexibility index (Phi) is 5.92. The molecule has 0 fully saturated rings. The van der Waals surface area contributed by atoms with Crippen LogP contribution in [0, 0.1) is 5.92 Å². The third-order valence-electron chi connectivity index (χ3n) is 2.72. The summed E-state index contributed by atoms with van der Waals surface area (Å²) >= 11 is 3.34. The first-order chi connectivity index (χ1) is 9.60. The summed E-state index contributed by atoms with van der Waals surface area (Å²) < 4.78 is 6.01. The van der Waals surface area contributed by atoms with E-state index in [0.717, 1.165) is 10.0 Å². The quantitative estimate of drug-likeness (QED) is 0.623. The second-order valence-electron chi connectivity index (χ2n) is 5.85.